The van der Waals surface area contributed by atoms with Crippen molar-refractivity contribution in [2.75, 3.05) is 26.1 Å². The van der Waals surface area contributed by atoms with Gasteiger partial charge in [-0.05, 0) is 6.92 Å². The van der Waals surface area contributed by atoms with Crippen molar-refractivity contribution in [3.05, 3.63) is 17.2 Å². The smallest absolute Gasteiger partial charge is 0.162 e. The van der Waals surface area contributed by atoms with Crippen molar-refractivity contribution < 1.29 is 9.47 Å². The van der Waals surface area contributed by atoms with Gasteiger partial charge in [-0.3, -0.25) is 0 Å². The summed E-state index contributed by atoms with van der Waals surface area (Å²) in [5.74, 6) is 1.25. The molecule has 0 aliphatic rings. The fourth-order valence-corrected chi connectivity index (χ4v) is 1.50. The van der Waals surface area contributed by atoms with Crippen LogP contribution in [0.5, 0.6) is 11.5 Å². The fraction of sp³-hybridized carbons (Fsp3) is 0.455. The van der Waals surface area contributed by atoms with Crippen molar-refractivity contribution in [2.45, 2.75) is 13.0 Å². The van der Waals surface area contributed by atoms with Crippen molar-refractivity contribution in [3.8, 4) is 11.5 Å². The third kappa shape index (κ3) is 2.93. The van der Waals surface area contributed by atoms with Crippen molar-refractivity contribution >= 4 is 17.3 Å². The predicted molar refractivity (Wildman–Crippen MR) is 66.7 cm³/mol. The number of hydrogen-bond acceptors (Lipinski definition) is 4. The average Bonchev–Trinajstić information content (AvgIpc) is 2.30. The Balaban J connectivity index is 3.01. The van der Waals surface area contributed by atoms with Crippen LogP contribution in [-0.4, -0.2) is 26.8 Å². The zero-order valence-electron chi connectivity index (χ0n) is 9.71. The van der Waals surface area contributed by atoms with Gasteiger partial charge in [-0.1, -0.05) is 11.6 Å². The Morgan fingerprint density at radius 2 is 1.88 bits per heavy atom. The molecule has 0 heterocycles. The van der Waals surface area contributed by atoms with Crippen molar-refractivity contribution in [3.63, 3.8) is 0 Å². The van der Waals surface area contributed by atoms with Gasteiger partial charge in [-0.15, -0.1) is 0 Å². The molecule has 1 aromatic rings. The standard InChI is InChI=1S/C11H17ClN2O2/c1-7(6-13)14-9-5-11(16-3)10(15-2)4-8(9)12/h4-5,7,14H,6,13H2,1-3H3. The maximum atomic E-state index is 6.10. The minimum absolute atomic E-state index is 0.149. The van der Waals surface area contributed by atoms with Crippen LogP contribution in [0.1, 0.15) is 6.92 Å². The highest BCUT2D eigenvalue weighted by atomic mass is 35.5. The summed E-state index contributed by atoms with van der Waals surface area (Å²) in [5, 5.41) is 3.77. The number of nitrogens with two attached hydrogens (primary N) is 1. The van der Waals surface area contributed by atoms with Gasteiger partial charge >= 0.3 is 0 Å². The van der Waals surface area contributed by atoms with E-state index in [1.807, 2.05) is 6.92 Å². The Kier molecular flexibility index (Phi) is 4.71. The first kappa shape index (κ1) is 12.9. The van der Waals surface area contributed by atoms with Crippen molar-refractivity contribution in [1.29, 1.82) is 0 Å². The summed E-state index contributed by atoms with van der Waals surface area (Å²) >= 11 is 6.10. The molecule has 1 atom stereocenters. The third-order valence-electron chi connectivity index (χ3n) is 2.23. The molecule has 1 unspecified atom stereocenters. The molecule has 0 aliphatic heterocycles. The van der Waals surface area contributed by atoms with Crippen LogP contribution in [-0.2, 0) is 0 Å². The van der Waals surface area contributed by atoms with Gasteiger partial charge in [0.05, 0.1) is 24.9 Å². The van der Waals surface area contributed by atoms with Crippen LogP contribution in [0.25, 0.3) is 0 Å². The lowest BCUT2D eigenvalue weighted by Gasteiger charge is -2.16. The zero-order chi connectivity index (χ0) is 12.1. The second-order valence-electron chi connectivity index (χ2n) is 3.47. The highest BCUT2D eigenvalue weighted by Gasteiger charge is 2.10. The zero-order valence-corrected chi connectivity index (χ0v) is 10.5. The van der Waals surface area contributed by atoms with Gasteiger partial charge in [0, 0.05) is 24.7 Å². The second-order valence-corrected chi connectivity index (χ2v) is 3.88. The topological polar surface area (TPSA) is 56.5 Å². The number of hydrogen-bond donors (Lipinski definition) is 2. The SMILES string of the molecule is COc1cc(Cl)c(NC(C)CN)cc1OC. The highest BCUT2D eigenvalue weighted by Crippen LogP contribution is 2.36. The molecule has 0 bridgehead atoms. The molecule has 0 saturated carbocycles. The van der Waals surface area contributed by atoms with Gasteiger partial charge in [-0.2, -0.15) is 0 Å². The van der Waals surface area contributed by atoms with Crippen LogP contribution in [0.3, 0.4) is 0 Å². The molecule has 0 radical (unpaired) electrons. The molecule has 0 saturated heterocycles. The number of nitrogens with one attached hydrogen (secondary N) is 1. The van der Waals surface area contributed by atoms with E-state index in [0.29, 0.717) is 23.1 Å². The molecule has 0 spiro atoms. The van der Waals surface area contributed by atoms with Crippen LogP contribution in [0.2, 0.25) is 5.02 Å². The normalized spacial score (nSPS) is 12.1. The van der Waals surface area contributed by atoms with Crippen LogP contribution >= 0.6 is 11.6 Å². The van der Waals surface area contributed by atoms with Gasteiger partial charge < -0.3 is 20.5 Å². The lowest BCUT2D eigenvalue weighted by atomic mass is 10.2. The molecule has 16 heavy (non-hydrogen) atoms. The van der Waals surface area contributed by atoms with E-state index in [-0.39, 0.29) is 6.04 Å². The molecule has 0 aliphatic carbocycles. The number of ether oxygens (including phenoxy) is 2. The fourth-order valence-electron chi connectivity index (χ4n) is 1.29. The summed E-state index contributed by atoms with van der Waals surface area (Å²) in [6, 6.07) is 3.66. The molecular weight excluding hydrogens is 228 g/mol. The Bertz CT molecular complexity index is 358. The second kappa shape index (κ2) is 5.82. The monoisotopic (exact) mass is 244 g/mol. The van der Waals surface area contributed by atoms with Gasteiger partial charge in [0.1, 0.15) is 0 Å². The number of anilines is 1. The first-order valence-electron chi connectivity index (χ1n) is 5.00. The number of benzene rings is 1. The lowest BCUT2D eigenvalue weighted by molar-refractivity contribution is 0.355. The Labute approximate surface area is 101 Å². The lowest BCUT2D eigenvalue weighted by Crippen LogP contribution is -2.25. The van der Waals surface area contributed by atoms with Gasteiger partial charge in [-0.25, -0.2) is 0 Å². The highest BCUT2D eigenvalue weighted by molar-refractivity contribution is 6.33. The van der Waals surface area contributed by atoms with Gasteiger partial charge in [0.2, 0.25) is 0 Å². The Morgan fingerprint density at radius 1 is 1.31 bits per heavy atom. The van der Waals surface area contributed by atoms with E-state index < -0.39 is 0 Å². The summed E-state index contributed by atoms with van der Waals surface area (Å²) < 4.78 is 10.3. The van der Waals surface area contributed by atoms with Crippen molar-refractivity contribution in [1.82, 2.24) is 0 Å². The van der Waals surface area contributed by atoms with E-state index in [4.69, 9.17) is 26.8 Å². The summed E-state index contributed by atoms with van der Waals surface area (Å²) in [4.78, 5) is 0. The molecule has 3 N–H and O–H groups in total. The number of halogens is 1. The van der Waals surface area contributed by atoms with E-state index in [2.05, 4.69) is 5.32 Å². The van der Waals surface area contributed by atoms with Crippen LogP contribution in [0.15, 0.2) is 12.1 Å². The largest absolute Gasteiger partial charge is 0.493 e. The molecule has 0 aromatic heterocycles. The quantitative estimate of drug-likeness (QED) is 0.833. The Morgan fingerprint density at radius 3 is 2.38 bits per heavy atom. The molecule has 0 amide bonds. The maximum absolute atomic E-state index is 6.10. The first-order valence-corrected chi connectivity index (χ1v) is 5.38. The maximum Gasteiger partial charge on any atom is 0.162 e. The van der Waals surface area contributed by atoms with Gasteiger partial charge in [0.25, 0.3) is 0 Å². The molecule has 90 valence electrons. The third-order valence-corrected chi connectivity index (χ3v) is 2.54. The van der Waals surface area contributed by atoms with E-state index >= 15 is 0 Å². The minimum atomic E-state index is 0.149. The summed E-state index contributed by atoms with van der Waals surface area (Å²) in [5.41, 5.74) is 6.32. The van der Waals surface area contributed by atoms with E-state index in [0.717, 1.165) is 5.69 Å². The van der Waals surface area contributed by atoms with Crippen LogP contribution < -0.4 is 20.5 Å². The first-order chi connectivity index (χ1) is 7.62. The van der Waals surface area contributed by atoms with Crippen LogP contribution in [0, 0.1) is 0 Å². The van der Waals surface area contributed by atoms with Gasteiger partial charge in [0.15, 0.2) is 11.5 Å². The number of rotatable bonds is 5. The van der Waals surface area contributed by atoms with Crippen LogP contribution in [0.4, 0.5) is 5.69 Å². The molecule has 1 rings (SSSR count). The molecule has 0 fully saturated rings. The van der Waals surface area contributed by atoms with E-state index in [1.165, 1.54) is 0 Å². The molecule has 1 aromatic carbocycles. The van der Waals surface area contributed by atoms with Crippen molar-refractivity contribution in [2.24, 2.45) is 5.73 Å². The van der Waals surface area contributed by atoms with E-state index in [1.54, 1.807) is 26.4 Å². The number of methoxy groups -OCH3 is 2. The molecule has 4 nitrogen and oxygen atoms in total. The average molecular weight is 245 g/mol. The molecule has 5 heteroatoms. The predicted octanol–water partition coefficient (Wildman–Crippen LogP) is 2.12. The molecular formula is C11H17ClN2O2. The summed E-state index contributed by atoms with van der Waals surface area (Å²) in [7, 11) is 3.16. The Hall–Kier alpha value is -1.13. The summed E-state index contributed by atoms with van der Waals surface area (Å²) in [6.45, 7) is 2.51. The summed E-state index contributed by atoms with van der Waals surface area (Å²) in [6.07, 6.45) is 0. The van der Waals surface area contributed by atoms with E-state index in [9.17, 15) is 0 Å². The minimum Gasteiger partial charge on any atom is -0.493 e.